The zero-order chi connectivity index (χ0) is 23.3. The molecule has 0 aliphatic rings. The molecule has 11 heteroatoms. The van der Waals surface area contributed by atoms with Gasteiger partial charge in [0.2, 0.25) is 5.28 Å². The summed E-state index contributed by atoms with van der Waals surface area (Å²) in [6, 6.07) is 10.7. The van der Waals surface area contributed by atoms with Crippen molar-refractivity contribution in [1.29, 1.82) is 0 Å². The number of hydrogen-bond donors (Lipinski definition) is 2. The van der Waals surface area contributed by atoms with Crippen LogP contribution in [0.15, 0.2) is 48.5 Å². The summed E-state index contributed by atoms with van der Waals surface area (Å²) in [6.07, 6.45) is -4.46. The molecule has 1 aromatic heterocycles. The number of rotatable bonds is 7. The lowest BCUT2D eigenvalue weighted by Gasteiger charge is -2.12. The number of ether oxygens (including phenoxy) is 2. The summed E-state index contributed by atoms with van der Waals surface area (Å²) in [5.41, 5.74) is 0.101. The van der Waals surface area contributed by atoms with Crippen LogP contribution in [0.1, 0.15) is 21.6 Å². The molecule has 0 saturated heterocycles. The van der Waals surface area contributed by atoms with Crippen molar-refractivity contribution < 1.29 is 27.4 Å². The van der Waals surface area contributed by atoms with Gasteiger partial charge in [-0.05, 0) is 48.0 Å². The molecule has 0 fully saturated rings. The fraction of sp³-hybridized carbons (Fsp3) is 0.190. The number of methoxy groups -OCH3 is 2. The van der Waals surface area contributed by atoms with Gasteiger partial charge in [-0.25, -0.2) is 9.97 Å². The van der Waals surface area contributed by atoms with Gasteiger partial charge in [0.1, 0.15) is 23.0 Å². The van der Waals surface area contributed by atoms with Crippen molar-refractivity contribution in [2.24, 2.45) is 0 Å². The fourth-order valence-electron chi connectivity index (χ4n) is 2.75. The number of carbonyl (C=O) groups excluding carboxylic acids is 1. The quantitative estimate of drug-likeness (QED) is 0.475. The molecule has 0 atom stereocenters. The van der Waals surface area contributed by atoms with Crippen molar-refractivity contribution in [3.63, 3.8) is 0 Å². The average Bonchev–Trinajstić information content (AvgIpc) is 2.77. The summed E-state index contributed by atoms with van der Waals surface area (Å²) >= 11 is 5.94. The number of benzene rings is 2. The van der Waals surface area contributed by atoms with E-state index in [4.69, 9.17) is 21.1 Å². The lowest BCUT2D eigenvalue weighted by atomic mass is 10.2. The van der Waals surface area contributed by atoms with Gasteiger partial charge >= 0.3 is 6.18 Å². The van der Waals surface area contributed by atoms with E-state index in [1.165, 1.54) is 13.2 Å². The summed E-state index contributed by atoms with van der Waals surface area (Å²) < 4.78 is 48.5. The minimum absolute atomic E-state index is 0.0610. The maximum absolute atomic E-state index is 12.7. The third-order valence-electron chi connectivity index (χ3n) is 4.36. The molecule has 168 valence electrons. The smallest absolute Gasteiger partial charge is 0.416 e. The molecule has 0 bridgehead atoms. The van der Waals surface area contributed by atoms with Gasteiger partial charge in [-0.2, -0.15) is 13.2 Å². The van der Waals surface area contributed by atoms with E-state index in [0.29, 0.717) is 18.0 Å². The van der Waals surface area contributed by atoms with Crippen LogP contribution in [0.3, 0.4) is 0 Å². The van der Waals surface area contributed by atoms with E-state index < -0.39 is 17.6 Å². The van der Waals surface area contributed by atoms with Gasteiger partial charge < -0.3 is 20.1 Å². The number of carbonyl (C=O) groups is 1. The van der Waals surface area contributed by atoms with E-state index in [-0.39, 0.29) is 22.5 Å². The van der Waals surface area contributed by atoms with Crippen LogP contribution in [0.5, 0.6) is 11.5 Å². The molecule has 0 aliphatic heterocycles. The van der Waals surface area contributed by atoms with Crippen LogP contribution in [0.25, 0.3) is 0 Å². The summed E-state index contributed by atoms with van der Waals surface area (Å²) in [5.74, 6) is 0.856. The lowest BCUT2D eigenvalue weighted by molar-refractivity contribution is -0.137. The van der Waals surface area contributed by atoms with Gasteiger partial charge in [-0.3, -0.25) is 4.79 Å². The number of alkyl halides is 3. The summed E-state index contributed by atoms with van der Waals surface area (Å²) in [4.78, 5) is 20.4. The topological polar surface area (TPSA) is 85.4 Å². The van der Waals surface area contributed by atoms with E-state index in [1.807, 2.05) is 6.07 Å². The highest BCUT2D eigenvalue weighted by Crippen LogP contribution is 2.30. The number of nitrogens with one attached hydrogen (secondary N) is 2. The second-order valence-corrected chi connectivity index (χ2v) is 6.81. The van der Waals surface area contributed by atoms with Gasteiger partial charge in [0.25, 0.3) is 5.91 Å². The first-order valence-corrected chi connectivity index (χ1v) is 9.55. The van der Waals surface area contributed by atoms with Crippen molar-refractivity contribution in [3.8, 4) is 11.5 Å². The molecule has 0 spiro atoms. The Morgan fingerprint density at radius 1 is 1.03 bits per heavy atom. The molecule has 1 amide bonds. The molecule has 3 aromatic rings. The third kappa shape index (κ3) is 5.79. The van der Waals surface area contributed by atoms with Gasteiger partial charge in [0.05, 0.1) is 19.8 Å². The Bertz CT molecular complexity index is 1110. The van der Waals surface area contributed by atoms with Crippen LogP contribution < -0.4 is 20.1 Å². The molecule has 2 N–H and O–H groups in total. The monoisotopic (exact) mass is 466 g/mol. The van der Waals surface area contributed by atoms with Crippen molar-refractivity contribution >= 4 is 29.0 Å². The second kappa shape index (κ2) is 9.73. The van der Waals surface area contributed by atoms with E-state index in [1.54, 1.807) is 19.2 Å². The average molecular weight is 467 g/mol. The Morgan fingerprint density at radius 3 is 2.38 bits per heavy atom. The minimum atomic E-state index is -4.46. The SMILES string of the molecule is COc1ccc(CNc2cc(C(=O)Nc3ccc(C(F)(F)F)cc3)nc(Cl)n2)c(OC)c1. The maximum Gasteiger partial charge on any atom is 0.416 e. The maximum atomic E-state index is 12.7. The zero-order valence-electron chi connectivity index (χ0n) is 17.0. The first kappa shape index (κ1) is 23.1. The normalized spacial score (nSPS) is 11.1. The highest BCUT2D eigenvalue weighted by molar-refractivity contribution is 6.28. The molecule has 0 aliphatic carbocycles. The van der Waals surface area contributed by atoms with Crippen LogP contribution in [0.4, 0.5) is 24.7 Å². The molecule has 1 heterocycles. The van der Waals surface area contributed by atoms with Gasteiger partial charge in [0, 0.05) is 29.9 Å². The van der Waals surface area contributed by atoms with Crippen LogP contribution in [-0.2, 0) is 12.7 Å². The number of anilines is 2. The second-order valence-electron chi connectivity index (χ2n) is 6.47. The Labute approximate surface area is 186 Å². The zero-order valence-corrected chi connectivity index (χ0v) is 17.7. The summed E-state index contributed by atoms with van der Waals surface area (Å²) in [5, 5.41) is 5.34. The highest BCUT2D eigenvalue weighted by Gasteiger charge is 2.30. The molecular weight excluding hydrogens is 449 g/mol. The van der Waals surface area contributed by atoms with Crippen molar-refractivity contribution in [2.75, 3.05) is 24.9 Å². The van der Waals surface area contributed by atoms with Crippen molar-refractivity contribution in [1.82, 2.24) is 9.97 Å². The first-order valence-electron chi connectivity index (χ1n) is 9.17. The number of aromatic nitrogens is 2. The molecule has 32 heavy (non-hydrogen) atoms. The number of halogens is 4. The first-order chi connectivity index (χ1) is 15.2. The van der Waals surface area contributed by atoms with Gasteiger partial charge in [-0.15, -0.1) is 0 Å². The van der Waals surface area contributed by atoms with Crippen LogP contribution in [0.2, 0.25) is 5.28 Å². The Balaban J connectivity index is 1.72. The highest BCUT2D eigenvalue weighted by atomic mass is 35.5. The van der Waals surface area contributed by atoms with E-state index in [0.717, 1.165) is 29.8 Å². The third-order valence-corrected chi connectivity index (χ3v) is 4.52. The number of nitrogens with zero attached hydrogens (tertiary/aromatic N) is 2. The van der Waals surface area contributed by atoms with E-state index in [9.17, 15) is 18.0 Å². The number of hydrogen-bond acceptors (Lipinski definition) is 6. The van der Waals surface area contributed by atoms with Crippen molar-refractivity contribution in [3.05, 3.63) is 70.6 Å². The number of amides is 1. The Hall–Kier alpha value is -3.53. The van der Waals surface area contributed by atoms with E-state index >= 15 is 0 Å². The minimum Gasteiger partial charge on any atom is -0.497 e. The summed E-state index contributed by atoms with van der Waals surface area (Å²) in [7, 11) is 3.08. The molecule has 2 aromatic carbocycles. The predicted octanol–water partition coefficient (Wildman–Crippen LogP) is 5.03. The predicted molar refractivity (Wildman–Crippen MR) is 113 cm³/mol. The van der Waals surface area contributed by atoms with Crippen molar-refractivity contribution in [2.45, 2.75) is 12.7 Å². The molecule has 0 saturated carbocycles. The van der Waals surface area contributed by atoms with Gasteiger partial charge in [-0.1, -0.05) is 0 Å². The lowest BCUT2D eigenvalue weighted by Crippen LogP contribution is -2.15. The molecule has 0 unspecified atom stereocenters. The molecule has 0 radical (unpaired) electrons. The summed E-state index contributed by atoms with van der Waals surface area (Å²) in [6.45, 7) is 0.306. The van der Waals surface area contributed by atoms with Crippen LogP contribution in [-0.4, -0.2) is 30.1 Å². The van der Waals surface area contributed by atoms with Gasteiger partial charge in [0.15, 0.2) is 0 Å². The fourth-order valence-corrected chi connectivity index (χ4v) is 2.93. The molecule has 7 nitrogen and oxygen atoms in total. The molecular formula is C21H18ClF3N4O3. The van der Waals surface area contributed by atoms with E-state index in [2.05, 4.69) is 20.6 Å². The molecule has 3 rings (SSSR count). The largest absolute Gasteiger partial charge is 0.497 e. The standard InChI is InChI=1S/C21H18ClF3N4O3/c1-31-15-8-3-12(17(9-15)32-2)11-26-18-10-16(28-20(22)29-18)19(30)27-14-6-4-13(5-7-14)21(23,24)25/h3-10H,11H2,1-2H3,(H,27,30)(H,26,28,29). The Morgan fingerprint density at radius 2 is 1.75 bits per heavy atom. The van der Waals surface area contributed by atoms with Crippen LogP contribution in [0, 0.1) is 0 Å². The Kier molecular flexibility index (Phi) is 7.04. The van der Waals surface area contributed by atoms with Crippen LogP contribution >= 0.6 is 11.6 Å².